The number of hydrogen-bond donors (Lipinski definition) is 1. The molecule has 0 saturated carbocycles. The predicted molar refractivity (Wildman–Crippen MR) is 415 cm³/mol. The Morgan fingerprint density at radius 2 is 0.961 bits per heavy atom. The molecule has 0 bridgehead atoms. The summed E-state index contributed by atoms with van der Waals surface area (Å²) in [6, 6.07) is 100. The van der Waals surface area contributed by atoms with Gasteiger partial charge in [-0.3, -0.25) is 0 Å². The molecule has 14 aromatic carbocycles. The van der Waals surface area contributed by atoms with Crippen LogP contribution in [0.15, 0.2) is 288 Å². The molecule has 0 amide bonds. The van der Waals surface area contributed by atoms with E-state index in [1.54, 1.807) is 0 Å². The first-order valence-electron chi connectivity index (χ1n) is 34.9. The molecule has 0 spiro atoms. The zero-order valence-electron chi connectivity index (χ0n) is 55.8. The van der Waals surface area contributed by atoms with E-state index in [9.17, 15) is 5.11 Å². The molecular formula is C91H62BN3O7. The average molecular weight is 1320 g/mol. The summed E-state index contributed by atoms with van der Waals surface area (Å²) in [5.74, 6) is 2.96. The van der Waals surface area contributed by atoms with Crippen LogP contribution < -0.4 is 50.0 Å². The van der Waals surface area contributed by atoms with Crippen LogP contribution in [0.5, 0.6) is 23.0 Å². The minimum absolute atomic E-state index is 0.198. The lowest BCUT2D eigenvalue weighted by molar-refractivity contribution is 0.171. The molecule has 5 aliphatic rings. The van der Waals surface area contributed by atoms with E-state index in [1.807, 2.05) is 72.8 Å². The third-order valence-electron chi connectivity index (χ3n) is 21.6. The molecule has 16 aromatic rings. The van der Waals surface area contributed by atoms with Crippen molar-refractivity contribution in [2.75, 3.05) is 41.1 Å². The van der Waals surface area contributed by atoms with Gasteiger partial charge in [0.2, 0.25) is 0 Å². The summed E-state index contributed by atoms with van der Waals surface area (Å²) in [5, 5.41) is 18.0. The average Bonchev–Trinajstić information content (AvgIpc) is 0.899. The van der Waals surface area contributed by atoms with Gasteiger partial charge in [-0.2, -0.15) is 0 Å². The van der Waals surface area contributed by atoms with Crippen molar-refractivity contribution in [2.45, 2.75) is 19.3 Å². The molecule has 102 heavy (non-hydrogen) atoms. The van der Waals surface area contributed by atoms with Gasteiger partial charge in [-0.1, -0.05) is 166 Å². The molecule has 10 nitrogen and oxygen atoms in total. The topological polar surface area (TPSA) is 93.2 Å². The van der Waals surface area contributed by atoms with Gasteiger partial charge in [-0.25, -0.2) is 0 Å². The number of benzene rings is 14. The molecule has 0 unspecified atom stereocenters. The Hall–Kier alpha value is -12.9. The molecule has 0 atom stereocenters. The van der Waals surface area contributed by atoms with E-state index in [2.05, 4.69) is 241 Å². The van der Waals surface area contributed by atoms with Crippen molar-refractivity contribution < 1.29 is 32.9 Å². The Labute approximate surface area is 588 Å². The van der Waals surface area contributed by atoms with E-state index in [1.165, 1.54) is 22.3 Å². The molecule has 486 valence electrons. The first-order valence-corrected chi connectivity index (χ1v) is 34.9. The molecule has 21 rings (SSSR count). The third kappa shape index (κ3) is 9.06. The minimum atomic E-state index is -0.324. The van der Waals surface area contributed by atoms with Crippen molar-refractivity contribution in [2.24, 2.45) is 0 Å². The summed E-state index contributed by atoms with van der Waals surface area (Å²) < 4.78 is 39.2. The largest absolute Gasteiger partial charge is 0.507 e. The fraction of sp³-hybridized carbons (Fsp3) is 0.0769. The van der Waals surface area contributed by atoms with Crippen LogP contribution in [0.2, 0.25) is 0 Å². The second kappa shape index (κ2) is 22.3. The maximum Gasteiger partial charge on any atom is 0.252 e. The molecular weight excluding hydrogens is 1260 g/mol. The number of fused-ring (bicyclic) bond motifs is 16. The highest BCUT2D eigenvalue weighted by atomic mass is 16.6. The monoisotopic (exact) mass is 1320 g/mol. The Balaban J connectivity index is 0.843. The highest BCUT2D eigenvalue weighted by molar-refractivity contribution is 7.00. The summed E-state index contributed by atoms with van der Waals surface area (Å²) in [4.78, 5) is 7.35. The number of furan rings is 2. The predicted octanol–water partition coefficient (Wildman–Crippen LogP) is 21.4. The molecule has 0 radical (unpaired) electrons. The number of anilines is 9. The SMILES string of the molecule is CC1(C)c2ccccc2-c2ccc(N(c3cc4c5c(c3)N(c3ccc6c(c3)OCCO6)c3cc6c(cc3B5c3ccc(-c5ccc7c(c5)oc5ccccc57)cc3N4c3cccc(-c4ccc5c(c4)oc4ccccc45)c3)OCCO6)c3ccc4cc(/C(O)=C/c5ccccc5)ccc4c3)cc21. The smallest absolute Gasteiger partial charge is 0.252 e. The molecule has 6 heterocycles. The number of para-hydroxylation sites is 2. The number of rotatable bonds is 9. The Bertz CT molecular complexity index is 6270. The molecule has 0 fully saturated rings. The normalized spacial score (nSPS) is 14.5. The molecule has 4 aliphatic heterocycles. The molecule has 1 N–H and O–H groups in total. The molecule has 0 saturated heterocycles. The quantitative estimate of drug-likeness (QED) is 0.0856. The van der Waals surface area contributed by atoms with Crippen LogP contribution in [0.1, 0.15) is 36.1 Å². The zero-order chi connectivity index (χ0) is 67.5. The molecule has 1 aliphatic carbocycles. The van der Waals surface area contributed by atoms with Gasteiger partial charge < -0.3 is 47.6 Å². The van der Waals surface area contributed by atoms with Gasteiger partial charge in [0.05, 0.1) is 11.4 Å². The molecule has 11 heteroatoms. The van der Waals surface area contributed by atoms with Crippen LogP contribution in [0.25, 0.3) is 99.9 Å². The molecule has 2 aromatic heterocycles. The van der Waals surface area contributed by atoms with Crippen LogP contribution in [-0.4, -0.2) is 38.2 Å². The Morgan fingerprint density at radius 3 is 1.71 bits per heavy atom. The van der Waals surface area contributed by atoms with E-state index in [-0.39, 0.29) is 17.9 Å². The first kappa shape index (κ1) is 58.1. The van der Waals surface area contributed by atoms with E-state index < -0.39 is 0 Å². The van der Waals surface area contributed by atoms with Crippen LogP contribution in [0.4, 0.5) is 51.2 Å². The summed E-state index contributed by atoms with van der Waals surface area (Å²) in [5.41, 5.74) is 25.8. The standard InChI is InChI=1S/C91H62BN3O7/c1-91(2)73-20-9-6-17-67(73)68-34-30-64(48-74(68)91)93(63-29-25-56-42-61(24-23-57(56)44-63)81(96)41-54-13-4-3-5-14-54)66-49-79-90-80(50-66)95(65-31-36-84-87(51-65)98-38-37-97-84)78-53-89-88(99-39-40-100-89)52-76(78)92(90)75-35-28-58(60-27-33-72-70-19-8-11-22-83(70)102-86(72)47-60)45-77(75)94(79)62-16-12-15-55(43-62)59-26-32-71-69-18-7-10-21-82(69)101-85(71)46-59/h3-36,41-53,96H,37-40H2,1-2H3/b81-41-. The van der Waals surface area contributed by atoms with Gasteiger partial charge in [0.1, 0.15) is 54.5 Å². The fourth-order valence-corrected chi connectivity index (χ4v) is 16.8. The minimum Gasteiger partial charge on any atom is -0.507 e. The van der Waals surface area contributed by atoms with Crippen molar-refractivity contribution in [1.29, 1.82) is 0 Å². The fourth-order valence-electron chi connectivity index (χ4n) is 16.8. The highest BCUT2D eigenvalue weighted by Crippen LogP contribution is 2.55. The number of aliphatic hydroxyl groups excluding tert-OH is 1. The lowest BCUT2D eigenvalue weighted by Crippen LogP contribution is -2.61. The van der Waals surface area contributed by atoms with Crippen molar-refractivity contribution in [3.05, 3.63) is 301 Å². The van der Waals surface area contributed by atoms with Gasteiger partial charge in [-0.05, 0) is 199 Å². The van der Waals surface area contributed by atoms with E-state index in [4.69, 9.17) is 27.8 Å². The Kier molecular flexibility index (Phi) is 12.7. The van der Waals surface area contributed by atoms with E-state index in [0.29, 0.717) is 49.4 Å². The van der Waals surface area contributed by atoms with Crippen molar-refractivity contribution in [3.8, 4) is 56.4 Å². The zero-order valence-corrected chi connectivity index (χ0v) is 55.8. The van der Waals surface area contributed by atoms with Crippen LogP contribution >= 0.6 is 0 Å². The third-order valence-corrected chi connectivity index (χ3v) is 21.6. The summed E-state index contributed by atoms with van der Waals surface area (Å²) in [6.07, 6.45) is 1.82. The number of ether oxygens (including phenoxy) is 4. The van der Waals surface area contributed by atoms with Crippen molar-refractivity contribution in [3.63, 3.8) is 0 Å². The van der Waals surface area contributed by atoms with Crippen LogP contribution in [0, 0.1) is 0 Å². The number of nitrogens with zero attached hydrogens (tertiary/aromatic N) is 3. The summed E-state index contributed by atoms with van der Waals surface area (Å²) in [7, 11) is 0. The lowest BCUT2D eigenvalue weighted by Gasteiger charge is -2.45. The summed E-state index contributed by atoms with van der Waals surface area (Å²) in [6.45, 7) is 6.12. The number of aliphatic hydroxyl groups is 1. The first-order chi connectivity index (χ1) is 50.2. The number of hydrogen-bond acceptors (Lipinski definition) is 10. The maximum absolute atomic E-state index is 11.7. The highest BCUT2D eigenvalue weighted by Gasteiger charge is 2.46. The summed E-state index contributed by atoms with van der Waals surface area (Å²) >= 11 is 0. The van der Waals surface area contributed by atoms with E-state index >= 15 is 0 Å². The van der Waals surface area contributed by atoms with Gasteiger partial charge in [0.25, 0.3) is 6.71 Å². The van der Waals surface area contributed by atoms with Crippen LogP contribution in [-0.2, 0) is 5.41 Å². The van der Waals surface area contributed by atoms with Crippen molar-refractivity contribution in [1.82, 2.24) is 0 Å². The maximum atomic E-state index is 11.7. The van der Waals surface area contributed by atoms with Crippen molar-refractivity contribution >= 4 is 141 Å². The van der Waals surface area contributed by atoms with Gasteiger partial charge >= 0.3 is 0 Å². The second-order valence-corrected chi connectivity index (χ2v) is 27.7. The van der Waals surface area contributed by atoms with Gasteiger partial charge in [-0.15, -0.1) is 0 Å². The van der Waals surface area contributed by atoms with Gasteiger partial charge in [0, 0.05) is 84.5 Å². The second-order valence-electron chi connectivity index (χ2n) is 27.7. The Morgan fingerprint density at radius 1 is 0.392 bits per heavy atom. The van der Waals surface area contributed by atoms with Gasteiger partial charge in [0.15, 0.2) is 23.0 Å². The van der Waals surface area contributed by atoms with E-state index in [0.717, 1.165) is 156 Å². The lowest BCUT2D eigenvalue weighted by atomic mass is 9.33. The van der Waals surface area contributed by atoms with Crippen LogP contribution in [0.3, 0.4) is 0 Å².